The van der Waals surface area contributed by atoms with Crippen LogP contribution >= 0.6 is 0 Å². The van der Waals surface area contributed by atoms with E-state index in [-0.39, 0.29) is 37.0 Å². The van der Waals surface area contributed by atoms with Crippen molar-refractivity contribution in [1.29, 1.82) is 0 Å². The largest absolute Gasteiger partial charge is 0.497 e. The number of amides is 3. The molecule has 0 saturated carbocycles. The third kappa shape index (κ3) is 10.3. The molecule has 0 atom stereocenters. The average Bonchev–Trinajstić information content (AvgIpc) is 2.98. The second-order valence-corrected chi connectivity index (χ2v) is 9.35. The summed E-state index contributed by atoms with van der Waals surface area (Å²) in [6, 6.07) is 22.2. The summed E-state index contributed by atoms with van der Waals surface area (Å²) in [7, 11) is 4.78. The van der Waals surface area contributed by atoms with Crippen molar-refractivity contribution < 1.29 is 28.6 Å². The zero-order valence-electron chi connectivity index (χ0n) is 23.2. The number of hydrogen-bond donors (Lipinski definition) is 3. The standard InChI is InChI=1S/C31H37N3O6/c1-38-26-10-4-22(5-11-26)19-32-29(35)16-25(17-30(36)33-20-23-6-12-27(39-2)13-7-23)18-31(37)34-21-24-8-14-28(40-3)15-9-24/h4-15,25H,16-21H2,1-3H3,(H,32,35)(H,33,36)(H,34,37). The number of rotatable bonds is 15. The molecular formula is C31H37N3O6. The van der Waals surface area contributed by atoms with Gasteiger partial charge in [0.25, 0.3) is 0 Å². The van der Waals surface area contributed by atoms with Crippen LogP contribution < -0.4 is 30.2 Å². The first-order chi connectivity index (χ1) is 19.4. The van der Waals surface area contributed by atoms with Gasteiger partial charge in [0, 0.05) is 38.9 Å². The summed E-state index contributed by atoms with van der Waals surface area (Å²) in [5, 5.41) is 8.65. The van der Waals surface area contributed by atoms with Gasteiger partial charge in [-0.15, -0.1) is 0 Å². The number of carbonyl (C=O) groups is 3. The average molecular weight is 548 g/mol. The van der Waals surface area contributed by atoms with Crippen LogP contribution in [0.4, 0.5) is 0 Å². The SMILES string of the molecule is COc1ccc(CNC(=O)CC(CC(=O)NCc2ccc(OC)cc2)CC(=O)NCc2ccc(OC)cc2)cc1. The quantitative estimate of drug-likeness (QED) is 0.267. The third-order valence-corrected chi connectivity index (χ3v) is 6.37. The van der Waals surface area contributed by atoms with Crippen molar-refractivity contribution in [3.05, 3.63) is 89.5 Å². The molecule has 0 aliphatic carbocycles. The first kappa shape index (κ1) is 30.0. The number of carbonyl (C=O) groups excluding carboxylic acids is 3. The van der Waals surface area contributed by atoms with Gasteiger partial charge in [0.05, 0.1) is 21.3 Å². The predicted molar refractivity (Wildman–Crippen MR) is 152 cm³/mol. The predicted octanol–water partition coefficient (Wildman–Crippen LogP) is 3.75. The van der Waals surface area contributed by atoms with Crippen molar-refractivity contribution in [3.63, 3.8) is 0 Å². The molecule has 3 rings (SSSR count). The molecule has 0 aromatic heterocycles. The molecule has 3 N–H and O–H groups in total. The van der Waals surface area contributed by atoms with Gasteiger partial charge in [-0.05, 0) is 59.0 Å². The van der Waals surface area contributed by atoms with E-state index in [4.69, 9.17) is 14.2 Å². The van der Waals surface area contributed by atoms with Gasteiger partial charge in [-0.2, -0.15) is 0 Å². The van der Waals surface area contributed by atoms with Crippen molar-refractivity contribution in [2.24, 2.45) is 5.92 Å². The van der Waals surface area contributed by atoms with Crippen molar-refractivity contribution in [2.75, 3.05) is 21.3 Å². The summed E-state index contributed by atoms with van der Waals surface area (Å²) in [5.41, 5.74) is 2.75. The van der Waals surface area contributed by atoms with E-state index >= 15 is 0 Å². The Balaban J connectivity index is 1.55. The number of hydrogen-bond acceptors (Lipinski definition) is 6. The van der Waals surface area contributed by atoms with Gasteiger partial charge in [0.1, 0.15) is 17.2 Å². The van der Waals surface area contributed by atoms with Crippen LogP contribution in [0.5, 0.6) is 17.2 Å². The van der Waals surface area contributed by atoms with E-state index in [1.807, 2.05) is 72.8 Å². The van der Waals surface area contributed by atoms with Gasteiger partial charge in [-0.3, -0.25) is 14.4 Å². The molecule has 0 spiro atoms. The molecule has 0 heterocycles. The van der Waals surface area contributed by atoms with Crippen molar-refractivity contribution in [2.45, 2.75) is 38.9 Å². The highest BCUT2D eigenvalue weighted by molar-refractivity contribution is 5.82. The Morgan fingerprint density at radius 1 is 0.500 bits per heavy atom. The second kappa shape index (κ2) is 15.8. The molecule has 0 aliphatic heterocycles. The van der Waals surface area contributed by atoms with Crippen LogP contribution in [0.1, 0.15) is 36.0 Å². The van der Waals surface area contributed by atoms with Crippen molar-refractivity contribution in [3.8, 4) is 17.2 Å². The maximum absolute atomic E-state index is 12.8. The topological polar surface area (TPSA) is 115 Å². The highest BCUT2D eigenvalue weighted by atomic mass is 16.5. The van der Waals surface area contributed by atoms with E-state index in [2.05, 4.69) is 16.0 Å². The lowest BCUT2D eigenvalue weighted by molar-refractivity contribution is -0.126. The normalized spacial score (nSPS) is 10.5. The molecule has 0 saturated heterocycles. The van der Waals surface area contributed by atoms with E-state index in [0.29, 0.717) is 19.6 Å². The molecule has 3 aromatic carbocycles. The Labute approximate surface area is 235 Å². The fraction of sp³-hybridized carbons (Fsp3) is 0.323. The lowest BCUT2D eigenvalue weighted by Crippen LogP contribution is -2.32. The zero-order chi connectivity index (χ0) is 28.7. The number of ether oxygens (including phenoxy) is 3. The van der Waals surface area contributed by atoms with Crippen LogP contribution in [0.3, 0.4) is 0 Å². The summed E-state index contributed by atoms with van der Waals surface area (Å²) >= 11 is 0. The van der Waals surface area contributed by atoms with E-state index in [0.717, 1.165) is 33.9 Å². The monoisotopic (exact) mass is 547 g/mol. The molecule has 3 aromatic rings. The summed E-state index contributed by atoms with van der Waals surface area (Å²) in [4.78, 5) is 38.3. The zero-order valence-corrected chi connectivity index (χ0v) is 23.2. The Hall–Kier alpha value is -4.53. The first-order valence-electron chi connectivity index (χ1n) is 13.1. The van der Waals surface area contributed by atoms with Gasteiger partial charge < -0.3 is 30.2 Å². The Bertz CT molecular complexity index is 1070. The van der Waals surface area contributed by atoms with Crippen LogP contribution in [-0.2, 0) is 34.0 Å². The Morgan fingerprint density at radius 2 is 0.750 bits per heavy atom. The minimum atomic E-state index is -0.470. The van der Waals surface area contributed by atoms with Crippen molar-refractivity contribution >= 4 is 17.7 Å². The Morgan fingerprint density at radius 3 is 0.975 bits per heavy atom. The molecular weight excluding hydrogens is 510 g/mol. The number of nitrogens with one attached hydrogen (secondary N) is 3. The van der Waals surface area contributed by atoms with Crippen LogP contribution in [0.25, 0.3) is 0 Å². The molecule has 212 valence electrons. The lowest BCUT2D eigenvalue weighted by atomic mass is 9.95. The number of benzene rings is 3. The molecule has 0 radical (unpaired) electrons. The van der Waals surface area contributed by atoms with E-state index < -0.39 is 5.92 Å². The first-order valence-corrected chi connectivity index (χ1v) is 13.1. The van der Waals surface area contributed by atoms with Crippen LogP contribution in [0.2, 0.25) is 0 Å². The minimum Gasteiger partial charge on any atom is -0.497 e. The van der Waals surface area contributed by atoms with E-state index in [1.165, 1.54) is 0 Å². The van der Waals surface area contributed by atoms with Gasteiger partial charge >= 0.3 is 0 Å². The highest BCUT2D eigenvalue weighted by Crippen LogP contribution is 2.17. The summed E-state index contributed by atoms with van der Waals surface area (Å²) in [5.74, 6) is 1.04. The summed E-state index contributed by atoms with van der Waals surface area (Å²) in [6.45, 7) is 1.01. The minimum absolute atomic E-state index is 0.0437. The summed E-state index contributed by atoms with van der Waals surface area (Å²) in [6.07, 6.45) is 0.131. The van der Waals surface area contributed by atoms with Gasteiger partial charge in [0.2, 0.25) is 17.7 Å². The summed E-state index contributed by atoms with van der Waals surface area (Å²) < 4.78 is 15.5. The molecule has 9 heteroatoms. The third-order valence-electron chi connectivity index (χ3n) is 6.37. The molecule has 0 bridgehead atoms. The van der Waals surface area contributed by atoms with Gasteiger partial charge in [-0.25, -0.2) is 0 Å². The van der Waals surface area contributed by atoms with Crippen molar-refractivity contribution in [1.82, 2.24) is 16.0 Å². The van der Waals surface area contributed by atoms with Gasteiger partial charge in [0.15, 0.2) is 0 Å². The molecule has 9 nitrogen and oxygen atoms in total. The molecule has 0 fully saturated rings. The smallest absolute Gasteiger partial charge is 0.220 e. The molecule has 3 amide bonds. The Kier molecular flexibility index (Phi) is 11.8. The second-order valence-electron chi connectivity index (χ2n) is 9.35. The molecule has 40 heavy (non-hydrogen) atoms. The number of methoxy groups -OCH3 is 3. The maximum atomic E-state index is 12.8. The fourth-order valence-electron chi connectivity index (χ4n) is 4.05. The van der Waals surface area contributed by atoms with E-state index in [9.17, 15) is 14.4 Å². The van der Waals surface area contributed by atoms with Gasteiger partial charge in [-0.1, -0.05) is 36.4 Å². The lowest BCUT2D eigenvalue weighted by Gasteiger charge is -2.17. The highest BCUT2D eigenvalue weighted by Gasteiger charge is 2.21. The molecule has 0 aliphatic rings. The fourth-order valence-corrected chi connectivity index (χ4v) is 4.05. The van der Waals surface area contributed by atoms with Crippen LogP contribution in [0.15, 0.2) is 72.8 Å². The molecule has 0 unspecified atom stereocenters. The van der Waals surface area contributed by atoms with E-state index in [1.54, 1.807) is 21.3 Å². The van der Waals surface area contributed by atoms with Crippen LogP contribution in [0, 0.1) is 5.92 Å². The maximum Gasteiger partial charge on any atom is 0.220 e. The van der Waals surface area contributed by atoms with Crippen LogP contribution in [-0.4, -0.2) is 39.1 Å².